The standard InChI is InChI=1S/C13H20N2O/c1-11-9-15(10-13(11)14)7-8-16-12-5-3-2-4-6-12/h2-6,11,13H,7-10,14H2,1H3. The van der Waals surface area contributed by atoms with Gasteiger partial charge in [0.05, 0.1) is 0 Å². The van der Waals surface area contributed by atoms with Gasteiger partial charge in [-0.3, -0.25) is 4.90 Å². The quantitative estimate of drug-likeness (QED) is 0.832. The van der Waals surface area contributed by atoms with Gasteiger partial charge in [-0.2, -0.15) is 0 Å². The molecule has 0 bridgehead atoms. The van der Waals surface area contributed by atoms with E-state index in [9.17, 15) is 0 Å². The Labute approximate surface area is 97.2 Å². The molecule has 1 heterocycles. The van der Waals surface area contributed by atoms with Crippen LogP contribution in [0.25, 0.3) is 0 Å². The third-order valence-electron chi connectivity index (χ3n) is 3.17. The summed E-state index contributed by atoms with van der Waals surface area (Å²) in [4.78, 5) is 2.37. The molecule has 0 aromatic heterocycles. The zero-order valence-corrected chi connectivity index (χ0v) is 9.80. The highest BCUT2D eigenvalue weighted by atomic mass is 16.5. The minimum absolute atomic E-state index is 0.330. The summed E-state index contributed by atoms with van der Waals surface area (Å²) < 4.78 is 5.66. The SMILES string of the molecule is CC1CN(CCOc2ccccc2)CC1N. The van der Waals surface area contributed by atoms with Gasteiger partial charge in [-0.05, 0) is 18.1 Å². The highest BCUT2D eigenvalue weighted by molar-refractivity contribution is 5.20. The first-order valence-corrected chi connectivity index (χ1v) is 5.91. The lowest BCUT2D eigenvalue weighted by Gasteiger charge is -2.15. The second-order valence-corrected chi connectivity index (χ2v) is 4.56. The first-order chi connectivity index (χ1) is 7.75. The fraction of sp³-hybridized carbons (Fsp3) is 0.538. The average molecular weight is 220 g/mol. The largest absolute Gasteiger partial charge is 0.492 e. The first kappa shape index (κ1) is 11.4. The number of hydrogen-bond acceptors (Lipinski definition) is 3. The molecular weight excluding hydrogens is 200 g/mol. The molecule has 1 aromatic rings. The van der Waals surface area contributed by atoms with Gasteiger partial charge < -0.3 is 10.5 Å². The predicted octanol–water partition coefficient (Wildman–Crippen LogP) is 1.34. The Morgan fingerprint density at radius 2 is 2.06 bits per heavy atom. The molecule has 2 atom stereocenters. The van der Waals surface area contributed by atoms with Crippen molar-refractivity contribution >= 4 is 0 Å². The summed E-state index contributed by atoms with van der Waals surface area (Å²) in [7, 11) is 0. The normalized spacial score (nSPS) is 25.9. The maximum absolute atomic E-state index is 5.97. The molecule has 0 saturated carbocycles. The van der Waals surface area contributed by atoms with Crippen molar-refractivity contribution < 1.29 is 4.74 Å². The number of rotatable bonds is 4. The van der Waals surface area contributed by atoms with Crippen molar-refractivity contribution in [1.82, 2.24) is 4.90 Å². The van der Waals surface area contributed by atoms with E-state index in [2.05, 4.69) is 11.8 Å². The minimum atomic E-state index is 0.330. The van der Waals surface area contributed by atoms with Crippen molar-refractivity contribution in [3.63, 3.8) is 0 Å². The predicted molar refractivity (Wildman–Crippen MR) is 65.5 cm³/mol. The third-order valence-corrected chi connectivity index (χ3v) is 3.17. The van der Waals surface area contributed by atoms with Crippen LogP contribution in [0.3, 0.4) is 0 Å². The molecule has 0 amide bonds. The summed E-state index contributed by atoms with van der Waals surface area (Å²) >= 11 is 0. The molecule has 2 N–H and O–H groups in total. The molecule has 3 heteroatoms. The van der Waals surface area contributed by atoms with Gasteiger partial charge in [-0.1, -0.05) is 25.1 Å². The highest BCUT2D eigenvalue weighted by Gasteiger charge is 2.25. The van der Waals surface area contributed by atoms with Gasteiger partial charge in [0.25, 0.3) is 0 Å². The highest BCUT2D eigenvalue weighted by Crippen LogP contribution is 2.14. The number of hydrogen-bond donors (Lipinski definition) is 1. The summed E-state index contributed by atoms with van der Waals surface area (Å²) in [6.07, 6.45) is 0. The maximum atomic E-state index is 5.97. The topological polar surface area (TPSA) is 38.5 Å². The van der Waals surface area contributed by atoms with Crippen LogP contribution in [-0.2, 0) is 0 Å². The zero-order chi connectivity index (χ0) is 11.4. The van der Waals surface area contributed by atoms with Crippen LogP contribution < -0.4 is 10.5 Å². The van der Waals surface area contributed by atoms with E-state index >= 15 is 0 Å². The molecule has 2 rings (SSSR count). The molecule has 2 unspecified atom stereocenters. The van der Waals surface area contributed by atoms with Crippen molar-refractivity contribution in [1.29, 1.82) is 0 Å². The average Bonchev–Trinajstić information content (AvgIpc) is 2.60. The Morgan fingerprint density at radius 1 is 1.31 bits per heavy atom. The minimum Gasteiger partial charge on any atom is -0.492 e. The fourth-order valence-electron chi connectivity index (χ4n) is 2.09. The lowest BCUT2D eigenvalue weighted by Crippen LogP contribution is -2.30. The molecule has 1 aliphatic heterocycles. The van der Waals surface area contributed by atoms with E-state index < -0.39 is 0 Å². The summed E-state index contributed by atoms with van der Waals surface area (Å²) in [6.45, 7) is 6.01. The lowest BCUT2D eigenvalue weighted by molar-refractivity contribution is 0.233. The molecule has 3 nitrogen and oxygen atoms in total. The molecule has 1 aromatic carbocycles. The number of nitrogens with two attached hydrogens (primary N) is 1. The van der Waals surface area contributed by atoms with E-state index in [1.54, 1.807) is 0 Å². The van der Waals surface area contributed by atoms with Crippen LogP contribution in [0.5, 0.6) is 5.75 Å². The van der Waals surface area contributed by atoms with Gasteiger partial charge >= 0.3 is 0 Å². The number of para-hydroxylation sites is 1. The van der Waals surface area contributed by atoms with Crippen molar-refractivity contribution in [2.24, 2.45) is 11.7 Å². The summed E-state index contributed by atoms with van der Waals surface area (Å²) in [5.41, 5.74) is 5.97. The Bertz CT molecular complexity index is 305. The van der Waals surface area contributed by atoms with E-state index in [0.717, 1.165) is 32.0 Å². The van der Waals surface area contributed by atoms with E-state index in [0.29, 0.717) is 12.0 Å². The Morgan fingerprint density at radius 3 is 2.69 bits per heavy atom. The summed E-state index contributed by atoms with van der Waals surface area (Å²) in [5, 5.41) is 0. The van der Waals surface area contributed by atoms with Crippen molar-refractivity contribution in [3.8, 4) is 5.75 Å². The van der Waals surface area contributed by atoms with Crippen LogP contribution >= 0.6 is 0 Å². The fourth-order valence-corrected chi connectivity index (χ4v) is 2.09. The first-order valence-electron chi connectivity index (χ1n) is 5.91. The molecule has 0 radical (unpaired) electrons. The molecular formula is C13H20N2O. The monoisotopic (exact) mass is 220 g/mol. The zero-order valence-electron chi connectivity index (χ0n) is 9.80. The molecule has 1 aliphatic rings. The van der Waals surface area contributed by atoms with E-state index in [1.165, 1.54) is 0 Å². The number of ether oxygens (including phenoxy) is 1. The molecule has 0 aliphatic carbocycles. The van der Waals surface area contributed by atoms with Crippen LogP contribution in [0.4, 0.5) is 0 Å². The van der Waals surface area contributed by atoms with Crippen LogP contribution in [0.2, 0.25) is 0 Å². The lowest BCUT2D eigenvalue weighted by atomic mass is 10.1. The molecule has 16 heavy (non-hydrogen) atoms. The number of likely N-dealkylation sites (tertiary alicyclic amines) is 1. The molecule has 1 saturated heterocycles. The Kier molecular flexibility index (Phi) is 3.80. The Balaban J connectivity index is 1.69. The maximum Gasteiger partial charge on any atom is 0.119 e. The second-order valence-electron chi connectivity index (χ2n) is 4.56. The second kappa shape index (κ2) is 5.32. The van der Waals surface area contributed by atoms with Gasteiger partial charge in [0.15, 0.2) is 0 Å². The van der Waals surface area contributed by atoms with Crippen molar-refractivity contribution in [2.75, 3.05) is 26.2 Å². The van der Waals surface area contributed by atoms with Gasteiger partial charge in [-0.25, -0.2) is 0 Å². The van der Waals surface area contributed by atoms with Crippen LogP contribution in [0.1, 0.15) is 6.92 Å². The summed E-state index contributed by atoms with van der Waals surface area (Å²) in [5.74, 6) is 1.55. The third kappa shape index (κ3) is 2.97. The van der Waals surface area contributed by atoms with Gasteiger partial charge in [0.1, 0.15) is 12.4 Å². The smallest absolute Gasteiger partial charge is 0.119 e. The molecule has 88 valence electrons. The number of benzene rings is 1. The van der Waals surface area contributed by atoms with Crippen molar-refractivity contribution in [3.05, 3.63) is 30.3 Å². The molecule has 1 fully saturated rings. The van der Waals surface area contributed by atoms with Crippen LogP contribution in [-0.4, -0.2) is 37.2 Å². The van der Waals surface area contributed by atoms with Crippen LogP contribution in [0.15, 0.2) is 30.3 Å². The summed E-state index contributed by atoms with van der Waals surface area (Å²) in [6, 6.07) is 10.3. The van der Waals surface area contributed by atoms with E-state index in [-0.39, 0.29) is 0 Å². The number of nitrogens with zero attached hydrogens (tertiary/aromatic N) is 1. The van der Waals surface area contributed by atoms with Gasteiger partial charge in [-0.15, -0.1) is 0 Å². The van der Waals surface area contributed by atoms with Gasteiger partial charge in [0.2, 0.25) is 0 Å². The molecule has 0 spiro atoms. The van der Waals surface area contributed by atoms with E-state index in [4.69, 9.17) is 10.5 Å². The van der Waals surface area contributed by atoms with Crippen LogP contribution in [0, 0.1) is 5.92 Å². The Hall–Kier alpha value is -1.06. The van der Waals surface area contributed by atoms with E-state index in [1.807, 2.05) is 30.3 Å². The van der Waals surface area contributed by atoms with Gasteiger partial charge in [0, 0.05) is 25.7 Å². The van der Waals surface area contributed by atoms with Crippen molar-refractivity contribution in [2.45, 2.75) is 13.0 Å².